The van der Waals surface area contributed by atoms with Gasteiger partial charge >= 0.3 is 19.5 Å². The third-order valence-electron chi connectivity index (χ3n) is 6.84. The number of carbonyl (C=O) groups is 1. The number of aromatic nitrogens is 2. The first kappa shape index (κ1) is 25.9. The van der Waals surface area contributed by atoms with Gasteiger partial charge in [0.05, 0.1) is 19.1 Å². The molecule has 4 rings (SSSR count). The molecule has 0 spiro atoms. The molecule has 3 fully saturated rings. The Hall–Kier alpha value is -2.22. The number of carbonyl (C=O) groups excluding carboxylic acids is 1. The Morgan fingerprint density at radius 2 is 2.11 bits per heavy atom. The van der Waals surface area contributed by atoms with Gasteiger partial charge in [0.1, 0.15) is 23.7 Å². The number of phosphoric acid groups is 1. The van der Waals surface area contributed by atoms with Crippen molar-refractivity contribution in [1.82, 2.24) is 9.55 Å². The number of rotatable bonds is 7. The van der Waals surface area contributed by atoms with Crippen molar-refractivity contribution in [2.75, 3.05) is 13.2 Å². The number of fused-ring (bicyclic) bond motifs is 1. The fourth-order valence-corrected chi connectivity index (χ4v) is 6.14. The fourth-order valence-electron chi connectivity index (χ4n) is 4.65. The highest BCUT2D eigenvalue weighted by Gasteiger charge is 2.60. The van der Waals surface area contributed by atoms with Crippen molar-refractivity contribution in [3.8, 4) is 12.3 Å². The van der Waals surface area contributed by atoms with Crippen LogP contribution in [-0.2, 0) is 32.4 Å². The fraction of sp³-hybridized carbons (Fsp3) is 0.696. The van der Waals surface area contributed by atoms with E-state index in [2.05, 4.69) is 10.9 Å². The molecule has 0 amide bonds. The van der Waals surface area contributed by atoms with Crippen LogP contribution in [0.4, 0.5) is 0 Å². The van der Waals surface area contributed by atoms with Crippen molar-refractivity contribution in [1.29, 1.82) is 0 Å². The zero-order valence-electron chi connectivity index (χ0n) is 19.8. The van der Waals surface area contributed by atoms with Crippen LogP contribution < -0.4 is 11.2 Å². The van der Waals surface area contributed by atoms with Gasteiger partial charge in [-0.05, 0) is 39.0 Å². The zero-order valence-corrected chi connectivity index (χ0v) is 20.7. The van der Waals surface area contributed by atoms with Crippen molar-refractivity contribution >= 4 is 13.8 Å². The highest BCUT2D eigenvalue weighted by Crippen LogP contribution is 2.60. The first-order chi connectivity index (χ1) is 16.6. The van der Waals surface area contributed by atoms with Crippen LogP contribution >= 0.6 is 7.82 Å². The molecule has 0 radical (unpaired) electrons. The Balaban J connectivity index is 1.37. The van der Waals surface area contributed by atoms with Crippen LogP contribution in [0, 0.1) is 23.7 Å². The van der Waals surface area contributed by atoms with Crippen LogP contribution in [0.5, 0.6) is 0 Å². The second-order valence-electron chi connectivity index (χ2n) is 9.46. The predicted octanol–water partition coefficient (Wildman–Crippen LogP) is 2.52. The van der Waals surface area contributed by atoms with Crippen molar-refractivity contribution in [2.45, 2.75) is 76.9 Å². The smallest absolute Gasteiger partial charge is 0.462 e. The third kappa shape index (κ3) is 5.47. The summed E-state index contributed by atoms with van der Waals surface area (Å²) in [4.78, 5) is 38.3. The quantitative estimate of drug-likeness (QED) is 0.333. The van der Waals surface area contributed by atoms with Crippen molar-refractivity contribution in [2.24, 2.45) is 11.3 Å². The van der Waals surface area contributed by atoms with Crippen LogP contribution in [0.3, 0.4) is 0 Å². The summed E-state index contributed by atoms with van der Waals surface area (Å²) in [5, 5.41) is 0. The van der Waals surface area contributed by atoms with Gasteiger partial charge in [-0.3, -0.25) is 32.7 Å². The molecule has 1 N–H and O–H groups in total. The molecule has 12 heteroatoms. The number of nitrogens with zero attached hydrogens (tertiary/aromatic N) is 1. The van der Waals surface area contributed by atoms with Gasteiger partial charge in [0.25, 0.3) is 5.56 Å². The molecule has 0 bridgehead atoms. The summed E-state index contributed by atoms with van der Waals surface area (Å²) in [6.45, 7) is 3.19. The Morgan fingerprint density at radius 3 is 2.80 bits per heavy atom. The van der Waals surface area contributed by atoms with E-state index in [0.717, 1.165) is 30.3 Å². The molecule has 6 atom stereocenters. The summed E-state index contributed by atoms with van der Waals surface area (Å²) >= 11 is 0. The van der Waals surface area contributed by atoms with Gasteiger partial charge in [-0.2, -0.15) is 0 Å². The molecule has 1 aliphatic carbocycles. The van der Waals surface area contributed by atoms with E-state index in [1.807, 2.05) is 0 Å². The molecular weight excluding hydrogens is 479 g/mol. The van der Waals surface area contributed by atoms with Crippen LogP contribution in [0.25, 0.3) is 0 Å². The number of phosphoric ester groups is 1. The van der Waals surface area contributed by atoms with E-state index in [0.29, 0.717) is 0 Å². The van der Waals surface area contributed by atoms with Gasteiger partial charge in [0.15, 0.2) is 6.23 Å². The van der Waals surface area contributed by atoms with E-state index in [-0.39, 0.29) is 31.7 Å². The van der Waals surface area contributed by atoms with E-state index in [9.17, 15) is 18.9 Å². The minimum atomic E-state index is -4.01. The second kappa shape index (κ2) is 10.4. The molecule has 1 saturated carbocycles. The Morgan fingerprint density at radius 1 is 1.37 bits per heavy atom. The molecule has 2 saturated heterocycles. The average molecular weight is 510 g/mol. The van der Waals surface area contributed by atoms with Crippen molar-refractivity contribution in [3.05, 3.63) is 33.1 Å². The molecule has 1 aromatic rings. The Bertz CT molecular complexity index is 1130. The first-order valence-corrected chi connectivity index (χ1v) is 13.3. The number of terminal acetylenes is 1. The van der Waals surface area contributed by atoms with E-state index in [4.69, 9.17) is 29.5 Å². The molecule has 0 aromatic carbocycles. The number of hydrogen-bond acceptors (Lipinski definition) is 9. The maximum atomic E-state index is 13.2. The lowest BCUT2D eigenvalue weighted by atomic mass is 9.83. The largest absolute Gasteiger partial charge is 0.475 e. The maximum Gasteiger partial charge on any atom is 0.475 e. The number of nitrogens with one attached hydrogen (secondary N) is 1. The average Bonchev–Trinajstić information content (AvgIpc) is 3.11. The zero-order chi connectivity index (χ0) is 25.2. The van der Waals surface area contributed by atoms with E-state index < -0.39 is 48.8 Å². The minimum absolute atomic E-state index is 0.0355. The van der Waals surface area contributed by atoms with E-state index in [1.54, 1.807) is 13.8 Å². The summed E-state index contributed by atoms with van der Waals surface area (Å²) in [6.07, 6.45) is 9.78. The van der Waals surface area contributed by atoms with Gasteiger partial charge in [0.2, 0.25) is 0 Å². The molecule has 3 aliphatic rings. The first-order valence-electron chi connectivity index (χ1n) is 11.9. The van der Waals surface area contributed by atoms with Crippen LogP contribution in [0.1, 0.15) is 58.6 Å². The molecule has 35 heavy (non-hydrogen) atoms. The summed E-state index contributed by atoms with van der Waals surface area (Å²) in [6, 6.07) is 1.18. The van der Waals surface area contributed by atoms with Gasteiger partial charge < -0.3 is 9.47 Å². The van der Waals surface area contributed by atoms with Crippen LogP contribution in [0.2, 0.25) is 0 Å². The second-order valence-corrected chi connectivity index (χ2v) is 11.1. The summed E-state index contributed by atoms with van der Waals surface area (Å²) in [5.74, 6) is 1.86. The van der Waals surface area contributed by atoms with Gasteiger partial charge in [-0.15, -0.1) is 6.42 Å². The Kier molecular flexibility index (Phi) is 7.69. The van der Waals surface area contributed by atoms with Gasteiger partial charge in [-0.1, -0.05) is 19.3 Å². The van der Waals surface area contributed by atoms with E-state index >= 15 is 0 Å². The minimum Gasteiger partial charge on any atom is -0.462 e. The highest BCUT2D eigenvalue weighted by molar-refractivity contribution is 7.48. The molecule has 2 aliphatic heterocycles. The normalized spacial score (nSPS) is 34.0. The van der Waals surface area contributed by atoms with Gasteiger partial charge in [-0.25, -0.2) is 9.36 Å². The SMILES string of the molecule is C#C[C@]1(C)[C@@H]2O[P@@](=O)(OCCC(C)C(=O)OC3CCCCC3)OC[C@H]2O[C@H]1n1ccc(=O)[nH]c1=O. The van der Waals surface area contributed by atoms with E-state index in [1.165, 1.54) is 18.7 Å². The monoisotopic (exact) mass is 510 g/mol. The van der Waals surface area contributed by atoms with Crippen molar-refractivity contribution in [3.63, 3.8) is 0 Å². The molecule has 1 aromatic heterocycles. The third-order valence-corrected chi connectivity index (χ3v) is 8.29. The molecule has 3 heterocycles. The number of H-pyrrole nitrogens is 1. The Labute approximate surface area is 203 Å². The van der Waals surface area contributed by atoms with Crippen LogP contribution in [0.15, 0.2) is 21.9 Å². The van der Waals surface area contributed by atoms with Gasteiger partial charge in [0, 0.05) is 12.3 Å². The number of ether oxygens (including phenoxy) is 2. The molecule has 11 nitrogen and oxygen atoms in total. The topological polar surface area (TPSA) is 135 Å². The van der Waals surface area contributed by atoms with Crippen molar-refractivity contribution < 1.29 is 32.4 Å². The number of hydrogen-bond donors (Lipinski definition) is 1. The highest BCUT2D eigenvalue weighted by atomic mass is 31.2. The summed E-state index contributed by atoms with van der Waals surface area (Å²) in [7, 11) is -4.01. The maximum absolute atomic E-state index is 13.2. The lowest BCUT2D eigenvalue weighted by Gasteiger charge is -2.35. The molecule has 192 valence electrons. The van der Waals surface area contributed by atoms with Crippen LogP contribution in [-0.4, -0.2) is 47.0 Å². The molecule has 1 unspecified atom stereocenters. The lowest BCUT2D eigenvalue weighted by molar-refractivity contribution is -0.155. The summed E-state index contributed by atoms with van der Waals surface area (Å²) < 4.78 is 42.4. The molecular formula is C23H31N2O9P. The lowest BCUT2D eigenvalue weighted by Crippen LogP contribution is -2.43. The number of aromatic amines is 1. The summed E-state index contributed by atoms with van der Waals surface area (Å²) in [5.41, 5.74) is -2.47. The predicted molar refractivity (Wildman–Crippen MR) is 123 cm³/mol. The number of esters is 1. The standard InChI is InChI=1S/C23H31N2O9P/c1-4-23(3)19-17(33-21(23)25-12-10-18(26)24-22(25)28)14-31-35(29,34-19)30-13-11-15(2)20(27)32-16-8-6-5-7-9-16/h1,10,12,15-17,19,21H,5-9,11,13-14H2,2-3H3,(H,24,26,28)/t15?,17-,19-,21-,23-,35+/m1/s1.